The van der Waals surface area contributed by atoms with Crippen LogP contribution in [0.2, 0.25) is 5.02 Å². The van der Waals surface area contributed by atoms with Crippen molar-refractivity contribution in [1.29, 1.82) is 0 Å². The standard InChI is InChI=1S/C18H19ClN2O4/c1-12-8-14(21(22)23)10-16(19)18(12)20-6-7-25-17(11-20)13-4-3-5-15(9-13)24-2/h3-5,8-10,17H,6-7,11H2,1-2H3. The highest BCUT2D eigenvalue weighted by Gasteiger charge is 2.26. The fraction of sp³-hybridized carbons (Fsp3) is 0.333. The summed E-state index contributed by atoms with van der Waals surface area (Å²) in [5.74, 6) is 0.780. The van der Waals surface area contributed by atoms with E-state index >= 15 is 0 Å². The van der Waals surface area contributed by atoms with E-state index in [9.17, 15) is 10.1 Å². The molecule has 1 fully saturated rings. The Hall–Kier alpha value is -2.31. The number of aryl methyl sites for hydroxylation is 1. The average molecular weight is 363 g/mol. The number of nitrogens with zero attached hydrogens (tertiary/aromatic N) is 2. The van der Waals surface area contributed by atoms with Crippen LogP contribution in [0, 0.1) is 17.0 Å². The van der Waals surface area contributed by atoms with Crippen LogP contribution in [0.1, 0.15) is 17.2 Å². The fourth-order valence-electron chi connectivity index (χ4n) is 3.12. The number of hydrogen-bond donors (Lipinski definition) is 0. The molecule has 0 bridgehead atoms. The number of morpholine rings is 1. The highest BCUT2D eigenvalue weighted by molar-refractivity contribution is 6.33. The van der Waals surface area contributed by atoms with Gasteiger partial charge in [0.2, 0.25) is 0 Å². The minimum atomic E-state index is -0.430. The fourth-order valence-corrected chi connectivity index (χ4v) is 3.50. The first kappa shape index (κ1) is 17.5. The second-order valence-electron chi connectivity index (χ2n) is 5.93. The van der Waals surface area contributed by atoms with Crippen LogP contribution in [-0.2, 0) is 4.74 Å². The summed E-state index contributed by atoms with van der Waals surface area (Å²) in [4.78, 5) is 12.7. The number of nitro benzene ring substituents is 1. The van der Waals surface area contributed by atoms with Crippen LogP contribution in [-0.4, -0.2) is 31.7 Å². The highest BCUT2D eigenvalue weighted by Crippen LogP contribution is 2.36. The van der Waals surface area contributed by atoms with Gasteiger partial charge in [-0.25, -0.2) is 0 Å². The maximum absolute atomic E-state index is 11.0. The molecule has 1 heterocycles. The smallest absolute Gasteiger partial charge is 0.271 e. The average Bonchev–Trinajstić information content (AvgIpc) is 2.61. The Bertz CT molecular complexity index is 773. The minimum Gasteiger partial charge on any atom is -0.497 e. The summed E-state index contributed by atoms with van der Waals surface area (Å²) < 4.78 is 11.2. The van der Waals surface area contributed by atoms with Crippen molar-refractivity contribution in [2.75, 3.05) is 31.7 Å². The molecule has 132 valence electrons. The summed E-state index contributed by atoms with van der Waals surface area (Å²) in [6, 6.07) is 10.7. The zero-order chi connectivity index (χ0) is 18.0. The summed E-state index contributed by atoms with van der Waals surface area (Å²) in [5, 5.41) is 11.4. The third-order valence-electron chi connectivity index (χ3n) is 4.30. The van der Waals surface area contributed by atoms with Gasteiger partial charge in [0.15, 0.2) is 0 Å². The van der Waals surface area contributed by atoms with Crippen LogP contribution < -0.4 is 9.64 Å². The summed E-state index contributed by atoms with van der Waals surface area (Å²) in [6.45, 7) is 3.68. The van der Waals surface area contributed by atoms with E-state index in [1.165, 1.54) is 6.07 Å². The van der Waals surface area contributed by atoms with Crippen molar-refractivity contribution in [2.45, 2.75) is 13.0 Å². The summed E-state index contributed by atoms with van der Waals surface area (Å²) >= 11 is 6.35. The van der Waals surface area contributed by atoms with Crippen molar-refractivity contribution in [3.63, 3.8) is 0 Å². The van der Waals surface area contributed by atoms with E-state index in [1.54, 1.807) is 13.2 Å². The lowest BCUT2D eigenvalue weighted by atomic mass is 10.1. The Labute approximate surface area is 151 Å². The Balaban J connectivity index is 1.87. The second kappa shape index (κ2) is 7.29. The molecule has 0 radical (unpaired) electrons. The zero-order valence-corrected chi connectivity index (χ0v) is 14.8. The lowest BCUT2D eigenvalue weighted by Crippen LogP contribution is -2.39. The van der Waals surface area contributed by atoms with Gasteiger partial charge in [-0.1, -0.05) is 23.7 Å². The van der Waals surface area contributed by atoms with E-state index in [0.717, 1.165) is 22.6 Å². The molecule has 0 spiro atoms. The topological polar surface area (TPSA) is 64.8 Å². The van der Waals surface area contributed by atoms with E-state index < -0.39 is 4.92 Å². The van der Waals surface area contributed by atoms with Crippen molar-refractivity contribution in [1.82, 2.24) is 0 Å². The van der Waals surface area contributed by atoms with Crippen LogP contribution in [0.4, 0.5) is 11.4 Å². The SMILES string of the molecule is COc1cccc(C2CN(c3c(C)cc([N+](=O)[O-])cc3Cl)CCO2)c1. The third-order valence-corrected chi connectivity index (χ3v) is 4.59. The largest absolute Gasteiger partial charge is 0.497 e. The first-order valence-electron chi connectivity index (χ1n) is 7.94. The number of anilines is 1. The van der Waals surface area contributed by atoms with Crippen LogP contribution in [0.5, 0.6) is 5.75 Å². The lowest BCUT2D eigenvalue weighted by molar-refractivity contribution is -0.384. The van der Waals surface area contributed by atoms with Gasteiger partial charge in [-0.15, -0.1) is 0 Å². The molecule has 1 saturated heterocycles. The Morgan fingerprint density at radius 1 is 1.36 bits per heavy atom. The van der Waals surface area contributed by atoms with E-state index in [1.807, 2.05) is 31.2 Å². The number of benzene rings is 2. The van der Waals surface area contributed by atoms with Gasteiger partial charge in [0.1, 0.15) is 11.9 Å². The molecule has 0 aromatic heterocycles. The van der Waals surface area contributed by atoms with Crippen LogP contribution in [0.3, 0.4) is 0 Å². The molecular formula is C18H19ClN2O4. The number of methoxy groups -OCH3 is 1. The number of non-ortho nitro benzene ring substituents is 1. The van der Waals surface area contributed by atoms with E-state index in [2.05, 4.69) is 4.90 Å². The minimum absolute atomic E-state index is 0.00357. The molecule has 25 heavy (non-hydrogen) atoms. The predicted molar refractivity (Wildman–Crippen MR) is 96.7 cm³/mol. The summed E-state index contributed by atoms with van der Waals surface area (Å²) in [6.07, 6.45) is -0.116. The first-order valence-corrected chi connectivity index (χ1v) is 8.32. The first-order chi connectivity index (χ1) is 12.0. The number of rotatable bonds is 4. The van der Waals surface area contributed by atoms with Gasteiger partial charge in [-0.3, -0.25) is 10.1 Å². The molecule has 1 atom stereocenters. The van der Waals surface area contributed by atoms with Gasteiger partial charge in [-0.05, 0) is 30.2 Å². The molecule has 0 aliphatic carbocycles. The van der Waals surface area contributed by atoms with Crippen LogP contribution in [0.25, 0.3) is 0 Å². The van der Waals surface area contributed by atoms with Gasteiger partial charge < -0.3 is 14.4 Å². The molecule has 1 aliphatic rings. The second-order valence-corrected chi connectivity index (χ2v) is 6.34. The molecule has 0 saturated carbocycles. The van der Waals surface area contributed by atoms with E-state index in [4.69, 9.17) is 21.1 Å². The maximum atomic E-state index is 11.0. The summed E-state index contributed by atoms with van der Waals surface area (Å²) in [7, 11) is 1.63. The number of nitro groups is 1. The predicted octanol–water partition coefficient (Wildman–Crippen LogP) is 4.14. The van der Waals surface area contributed by atoms with Crippen molar-refractivity contribution >= 4 is 23.0 Å². The molecule has 2 aromatic carbocycles. The van der Waals surface area contributed by atoms with E-state index in [0.29, 0.717) is 24.7 Å². The van der Waals surface area contributed by atoms with Gasteiger partial charge in [0, 0.05) is 25.2 Å². The summed E-state index contributed by atoms with van der Waals surface area (Å²) in [5.41, 5.74) is 2.64. The van der Waals surface area contributed by atoms with Crippen LogP contribution >= 0.6 is 11.6 Å². The van der Waals surface area contributed by atoms with Gasteiger partial charge >= 0.3 is 0 Å². The van der Waals surface area contributed by atoms with Crippen molar-refractivity contribution in [3.05, 3.63) is 62.7 Å². The quantitative estimate of drug-likeness (QED) is 0.604. The number of hydrogen-bond acceptors (Lipinski definition) is 5. The van der Waals surface area contributed by atoms with Gasteiger partial charge in [0.05, 0.1) is 29.4 Å². The van der Waals surface area contributed by atoms with E-state index in [-0.39, 0.29) is 11.8 Å². The molecule has 2 aromatic rings. The monoisotopic (exact) mass is 362 g/mol. The van der Waals surface area contributed by atoms with Gasteiger partial charge in [0.25, 0.3) is 5.69 Å². The molecular weight excluding hydrogens is 344 g/mol. The number of halogens is 1. The zero-order valence-electron chi connectivity index (χ0n) is 14.1. The molecule has 7 heteroatoms. The normalized spacial score (nSPS) is 17.4. The van der Waals surface area contributed by atoms with Crippen LogP contribution in [0.15, 0.2) is 36.4 Å². The highest BCUT2D eigenvalue weighted by atomic mass is 35.5. The molecule has 1 aliphatic heterocycles. The van der Waals surface area contributed by atoms with Crippen molar-refractivity contribution in [3.8, 4) is 5.75 Å². The molecule has 6 nitrogen and oxygen atoms in total. The molecule has 0 N–H and O–H groups in total. The Kier molecular flexibility index (Phi) is 5.11. The lowest BCUT2D eigenvalue weighted by Gasteiger charge is -2.36. The molecule has 1 unspecified atom stereocenters. The van der Waals surface area contributed by atoms with Crippen molar-refractivity contribution < 1.29 is 14.4 Å². The van der Waals surface area contributed by atoms with Crippen molar-refractivity contribution in [2.24, 2.45) is 0 Å². The maximum Gasteiger partial charge on any atom is 0.271 e. The van der Waals surface area contributed by atoms with Gasteiger partial charge in [-0.2, -0.15) is 0 Å². The Morgan fingerprint density at radius 2 is 2.16 bits per heavy atom. The number of ether oxygens (including phenoxy) is 2. The molecule has 0 amide bonds. The Morgan fingerprint density at radius 3 is 2.84 bits per heavy atom. The molecule has 3 rings (SSSR count). The third kappa shape index (κ3) is 3.70.